The maximum atomic E-state index is 12.5. The Morgan fingerprint density at radius 2 is 2.03 bits per heavy atom. The van der Waals surface area contributed by atoms with Gasteiger partial charge in [0.2, 0.25) is 5.91 Å². The molecule has 10 heteroatoms. The molecule has 3 rings (SSSR count). The van der Waals surface area contributed by atoms with Crippen LogP contribution in [-0.2, 0) is 23.0 Å². The lowest BCUT2D eigenvalue weighted by Gasteiger charge is -2.15. The number of esters is 1. The monoisotopic (exact) mass is 474 g/mol. The molecule has 0 saturated heterocycles. The van der Waals surface area contributed by atoms with Gasteiger partial charge in [-0.3, -0.25) is 4.79 Å². The largest absolute Gasteiger partial charge is 0.482 e. The summed E-state index contributed by atoms with van der Waals surface area (Å²) < 4.78 is 12.7. The number of carbonyl (C=O) groups is 2. The van der Waals surface area contributed by atoms with Crippen molar-refractivity contribution in [2.24, 2.45) is 7.05 Å². The smallest absolute Gasteiger partial charge is 0.340 e. The average Bonchev–Trinajstić information content (AvgIpc) is 3.36. The average molecular weight is 475 g/mol. The second kappa shape index (κ2) is 10.6. The second-order valence-electron chi connectivity index (χ2n) is 7.06. The third-order valence-electron chi connectivity index (χ3n) is 4.75. The van der Waals surface area contributed by atoms with Crippen LogP contribution in [0.15, 0.2) is 35.5 Å². The lowest BCUT2D eigenvalue weighted by Crippen LogP contribution is -2.16. The molecule has 0 bridgehead atoms. The van der Waals surface area contributed by atoms with E-state index in [1.165, 1.54) is 30.2 Å². The SMILES string of the molecule is CCc1cc(C(=O)OC)c(NC(=O)CSc2nnc(C(C)Oc3ccccc3C)n2C)s1. The van der Waals surface area contributed by atoms with Crippen LogP contribution in [0.5, 0.6) is 5.75 Å². The van der Waals surface area contributed by atoms with Gasteiger partial charge in [0.25, 0.3) is 0 Å². The number of ether oxygens (including phenoxy) is 2. The van der Waals surface area contributed by atoms with Gasteiger partial charge >= 0.3 is 5.97 Å². The van der Waals surface area contributed by atoms with Gasteiger partial charge in [-0.15, -0.1) is 21.5 Å². The van der Waals surface area contributed by atoms with Crippen molar-refractivity contribution in [3.05, 3.63) is 52.2 Å². The molecule has 0 radical (unpaired) electrons. The van der Waals surface area contributed by atoms with Crippen LogP contribution in [0, 0.1) is 6.92 Å². The molecule has 1 unspecified atom stereocenters. The fourth-order valence-electron chi connectivity index (χ4n) is 3.00. The van der Waals surface area contributed by atoms with Crippen LogP contribution >= 0.6 is 23.1 Å². The summed E-state index contributed by atoms with van der Waals surface area (Å²) in [7, 11) is 3.16. The normalized spacial score (nSPS) is 11.8. The van der Waals surface area contributed by atoms with Gasteiger partial charge in [0.05, 0.1) is 18.4 Å². The zero-order chi connectivity index (χ0) is 23.3. The summed E-state index contributed by atoms with van der Waals surface area (Å²) in [6.45, 7) is 5.89. The molecule has 0 aliphatic heterocycles. The fourth-order valence-corrected chi connectivity index (χ4v) is 4.72. The van der Waals surface area contributed by atoms with E-state index in [1.807, 2.05) is 56.7 Å². The highest BCUT2D eigenvalue weighted by Gasteiger charge is 2.21. The Balaban J connectivity index is 1.63. The number of hydrogen-bond donors (Lipinski definition) is 1. The van der Waals surface area contributed by atoms with Crippen molar-refractivity contribution in [2.75, 3.05) is 18.2 Å². The number of amides is 1. The summed E-state index contributed by atoms with van der Waals surface area (Å²) in [6.07, 6.45) is 0.460. The van der Waals surface area contributed by atoms with Gasteiger partial charge < -0.3 is 19.4 Å². The summed E-state index contributed by atoms with van der Waals surface area (Å²) in [5.74, 6) is 0.872. The van der Waals surface area contributed by atoms with Crippen molar-refractivity contribution in [1.82, 2.24) is 14.8 Å². The molecule has 3 aromatic rings. The first-order valence-corrected chi connectivity index (χ1v) is 11.9. The summed E-state index contributed by atoms with van der Waals surface area (Å²) in [5, 5.41) is 12.4. The molecule has 1 aromatic carbocycles. The molecule has 0 aliphatic rings. The molecular formula is C22H26N4O4S2. The molecule has 1 atom stereocenters. The first-order chi connectivity index (χ1) is 15.3. The zero-order valence-corrected chi connectivity index (χ0v) is 20.3. The van der Waals surface area contributed by atoms with Crippen LogP contribution in [0.4, 0.5) is 5.00 Å². The number of para-hydroxylation sites is 1. The minimum absolute atomic E-state index is 0.124. The van der Waals surface area contributed by atoms with Gasteiger partial charge in [0.1, 0.15) is 10.8 Å². The van der Waals surface area contributed by atoms with E-state index in [4.69, 9.17) is 9.47 Å². The molecule has 170 valence electrons. The highest BCUT2D eigenvalue weighted by molar-refractivity contribution is 7.99. The standard InChI is InChI=1S/C22H26N4O4S2/c1-6-15-11-16(21(28)29-5)20(32-15)23-18(27)12-31-22-25-24-19(26(22)4)14(3)30-17-10-8-7-9-13(17)2/h7-11,14H,6,12H2,1-5H3,(H,23,27). The van der Waals surface area contributed by atoms with Crippen LogP contribution in [0.3, 0.4) is 0 Å². The topological polar surface area (TPSA) is 95.3 Å². The number of thiophene rings is 1. The maximum absolute atomic E-state index is 12.5. The van der Waals surface area contributed by atoms with Gasteiger partial charge in [-0.1, -0.05) is 36.9 Å². The number of anilines is 1. The molecule has 32 heavy (non-hydrogen) atoms. The highest BCUT2D eigenvalue weighted by atomic mass is 32.2. The lowest BCUT2D eigenvalue weighted by molar-refractivity contribution is -0.113. The van der Waals surface area contributed by atoms with E-state index in [-0.39, 0.29) is 17.8 Å². The van der Waals surface area contributed by atoms with Crippen LogP contribution in [0.1, 0.15) is 46.6 Å². The number of rotatable bonds is 9. The van der Waals surface area contributed by atoms with Crippen molar-refractivity contribution in [3.8, 4) is 5.75 Å². The van der Waals surface area contributed by atoms with Crippen LogP contribution in [-0.4, -0.2) is 39.5 Å². The lowest BCUT2D eigenvalue weighted by atomic mass is 10.2. The van der Waals surface area contributed by atoms with E-state index in [0.29, 0.717) is 21.5 Å². The Morgan fingerprint density at radius 1 is 1.28 bits per heavy atom. The van der Waals surface area contributed by atoms with Gasteiger partial charge in [0, 0.05) is 11.9 Å². The van der Waals surface area contributed by atoms with Crippen LogP contribution in [0.25, 0.3) is 0 Å². The van der Waals surface area contributed by atoms with Gasteiger partial charge in [-0.2, -0.15) is 0 Å². The Kier molecular flexibility index (Phi) is 7.92. The number of benzene rings is 1. The third-order valence-corrected chi connectivity index (χ3v) is 6.97. The molecule has 0 saturated carbocycles. The molecule has 0 aliphatic carbocycles. The Bertz CT molecular complexity index is 1110. The summed E-state index contributed by atoms with van der Waals surface area (Å²) in [4.78, 5) is 25.5. The molecule has 0 spiro atoms. The molecule has 0 fully saturated rings. The maximum Gasteiger partial charge on any atom is 0.340 e. The van der Waals surface area contributed by atoms with E-state index >= 15 is 0 Å². The molecule has 8 nitrogen and oxygen atoms in total. The second-order valence-corrected chi connectivity index (χ2v) is 9.14. The van der Waals surface area contributed by atoms with E-state index in [1.54, 1.807) is 6.07 Å². The van der Waals surface area contributed by atoms with Gasteiger partial charge in [0.15, 0.2) is 17.1 Å². The van der Waals surface area contributed by atoms with Crippen molar-refractivity contribution < 1.29 is 19.1 Å². The molecule has 1 N–H and O–H groups in total. The number of methoxy groups -OCH3 is 1. The number of aryl methyl sites for hydroxylation is 2. The zero-order valence-electron chi connectivity index (χ0n) is 18.7. The first kappa shape index (κ1) is 23.8. The first-order valence-electron chi connectivity index (χ1n) is 10.1. The van der Waals surface area contributed by atoms with E-state index in [9.17, 15) is 9.59 Å². The minimum Gasteiger partial charge on any atom is -0.482 e. The number of thioether (sulfide) groups is 1. The Morgan fingerprint density at radius 3 is 2.72 bits per heavy atom. The molecule has 2 aromatic heterocycles. The Hall–Kier alpha value is -2.85. The summed E-state index contributed by atoms with van der Waals surface area (Å²) in [6, 6.07) is 9.54. The van der Waals surface area contributed by atoms with E-state index in [2.05, 4.69) is 15.5 Å². The number of carbonyl (C=O) groups excluding carboxylic acids is 2. The number of aromatic nitrogens is 3. The highest BCUT2D eigenvalue weighted by Crippen LogP contribution is 2.30. The van der Waals surface area contributed by atoms with Crippen LogP contribution < -0.4 is 10.1 Å². The van der Waals surface area contributed by atoms with Crippen molar-refractivity contribution in [1.29, 1.82) is 0 Å². The van der Waals surface area contributed by atoms with Gasteiger partial charge in [-0.25, -0.2) is 4.79 Å². The van der Waals surface area contributed by atoms with Crippen molar-refractivity contribution in [2.45, 2.75) is 38.5 Å². The number of nitrogens with one attached hydrogen (secondary N) is 1. The summed E-state index contributed by atoms with van der Waals surface area (Å²) in [5.41, 5.74) is 1.41. The summed E-state index contributed by atoms with van der Waals surface area (Å²) >= 11 is 2.64. The number of hydrogen-bond acceptors (Lipinski definition) is 8. The third kappa shape index (κ3) is 5.49. The fraction of sp³-hybridized carbons (Fsp3) is 0.364. The van der Waals surface area contributed by atoms with Crippen molar-refractivity contribution in [3.63, 3.8) is 0 Å². The number of nitrogens with zero attached hydrogens (tertiary/aromatic N) is 3. The molecule has 2 heterocycles. The quantitative estimate of drug-likeness (QED) is 0.363. The van der Waals surface area contributed by atoms with Gasteiger partial charge in [-0.05, 0) is 38.0 Å². The predicted octanol–water partition coefficient (Wildman–Crippen LogP) is 4.40. The minimum atomic E-state index is -0.468. The Labute approximate surface area is 195 Å². The molecule has 1 amide bonds. The molecular weight excluding hydrogens is 448 g/mol. The van der Waals surface area contributed by atoms with E-state index in [0.717, 1.165) is 22.6 Å². The van der Waals surface area contributed by atoms with E-state index < -0.39 is 5.97 Å². The van der Waals surface area contributed by atoms with Crippen LogP contribution in [0.2, 0.25) is 0 Å². The van der Waals surface area contributed by atoms with Crippen molar-refractivity contribution >= 4 is 40.0 Å². The predicted molar refractivity (Wildman–Crippen MR) is 126 cm³/mol.